The van der Waals surface area contributed by atoms with E-state index in [1.807, 2.05) is 13.8 Å². The highest BCUT2D eigenvalue weighted by atomic mass is 16.4. The Morgan fingerprint density at radius 3 is 2.62 bits per heavy atom. The van der Waals surface area contributed by atoms with E-state index in [4.69, 9.17) is 15.3 Å². The van der Waals surface area contributed by atoms with Gasteiger partial charge in [0.25, 0.3) is 0 Å². The normalized spacial score (nSPS) is 10.8. The summed E-state index contributed by atoms with van der Waals surface area (Å²) in [6.07, 6.45) is 0. The van der Waals surface area contributed by atoms with Crippen LogP contribution in [0.5, 0.6) is 0 Å². The van der Waals surface area contributed by atoms with Gasteiger partial charge in [0.1, 0.15) is 5.69 Å². The second-order valence-electron chi connectivity index (χ2n) is 2.99. The number of carbonyl (C=O) groups is 1. The Morgan fingerprint density at radius 2 is 2.31 bits per heavy atom. The molecule has 0 aliphatic heterocycles. The lowest BCUT2D eigenvalue weighted by Crippen LogP contribution is -2.04. The summed E-state index contributed by atoms with van der Waals surface area (Å²) in [6, 6.07) is 0. The van der Waals surface area contributed by atoms with Crippen LogP contribution >= 0.6 is 0 Å². The van der Waals surface area contributed by atoms with Gasteiger partial charge in [-0.3, -0.25) is 0 Å². The quantitative estimate of drug-likeness (QED) is 0.730. The first kappa shape index (κ1) is 9.73. The van der Waals surface area contributed by atoms with Crippen molar-refractivity contribution in [2.75, 3.05) is 0 Å². The number of carboxylic acids is 1. The zero-order chi connectivity index (χ0) is 10.0. The lowest BCUT2D eigenvalue weighted by atomic mass is 10.2. The molecular weight excluding hydrogens is 172 g/mol. The smallest absolute Gasteiger partial charge is 0.373 e. The van der Waals surface area contributed by atoms with Gasteiger partial charge in [-0.1, -0.05) is 13.8 Å². The second-order valence-corrected chi connectivity index (χ2v) is 2.99. The van der Waals surface area contributed by atoms with E-state index in [1.165, 1.54) is 0 Å². The fraction of sp³-hybridized carbons (Fsp3) is 0.500. The monoisotopic (exact) mass is 184 g/mol. The third kappa shape index (κ3) is 1.86. The van der Waals surface area contributed by atoms with E-state index in [0.29, 0.717) is 11.6 Å². The molecule has 0 fully saturated rings. The molecule has 0 radical (unpaired) electrons. The number of aromatic carboxylic acids is 1. The summed E-state index contributed by atoms with van der Waals surface area (Å²) in [4.78, 5) is 14.6. The minimum Gasteiger partial charge on any atom is -0.475 e. The average Bonchev–Trinajstić information content (AvgIpc) is 2.47. The predicted octanol–water partition coefficient (Wildman–Crippen LogP) is 0.955. The van der Waals surface area contributed by atoms with Crippen LogP contribution < -0.4 is 5.73 Å². The van der Waals surface area contributed by atoms with Gasteiger partial charge < -0.3 is 15.3 Å². The Bertz CT molecular complexity index is 317. The molecule has 5 nitrogen and oxygen atoms in total. The second kappa shape index (κ2) is 3.57. The lowest BCUT2D eigenvalue weighted by molar-refractivity contribution is 0.0658. The molecule has 0 aromatic carbocycles. The molecule has 0 spiro atoms. The Labute approximate surface area is 75.6 Å². The van der Waals surface area contributed by atoms with Crippen LogP contribution in [-0.4, -0.2) is 16.1 Å². The number of rotatable bonds is 3. The van der Waals surface area contributed by atoms with Crippen molar-refractivity contribution in [1.82, 2.24) is 4.98 Å². The first-order chi connectivity index (χ1) is 6.06. The van der Waals surface area contributed by atoms with Crippen molar-refractivity contribution >= 4 is 5.97 Å². The first-order valence-corrected chi connectivity index (χ1v) is 3.99. The molecule has 0 saturated carbocycles. The maximum atomic E-state index is 10.6. The number of hydrogen-bond donors (Lipinski definition) is 2. The van der Waals surface area contributed by atoms with Gasteiger partial charge in [0.2, 0.25) is 5.76 Å². The van der Waals surface area contributed by atoms with Crippen LogP contribution in [0.3, 0.4) is 0 Å². The van der Waals surface area contributed by atoms with Crippen molar-refractivity contribution in [3.05, 3.63) is 17.3 Å². The van der Waals surface area contributed by atoms with Crippen LogP contribution in [-0.2, 0) is 6.54 Å². The number of aromatic nitrogens is 1. The van der Waals surface area contributed by atoms with Gasteiger partial charge in [0.05, 0.1) is 0 Å². The van der Waals surface area contributed by atoms with Gasteiger partial charge in [-0.15, -0.1) is 0 Å². The van der Waals surface area contributed by atoms with E-state index in [-0.39, 0.29) is 18.2 Å². The number of hydrogen-bond acceptors (Lipinski definition) is 4. The molecule has 0 saturated heterocycles. The molecule has 5 heteroatoms. The number of carboxylic acid groups (broad SMARTS) is 1. The predicted molar refractivity (Wildman–Crippen MR) is 45.4 cm³/mol. The molecule has 0 aliphatic rings. The van der Waals surface area contributed by atoms with E-state index in [9.17, 15) is 4.79 Å². The minimum absolute atomic E-state index is 0.0680. The summed E-state index contributed by atoms with van der Waals surface area (Å²) >= 11 is 0. The van der Waals surface area contributed by atoms with Gasteiger partial charge in [-0.05, 0) is 0 Å². The molecule has 1 aromatic heterocycles. The van der Waals surface area contributed by atoms with Crippen molar-refractivity contribution in [1.29, 1.82) is 0 Å². The topological polar surface area (TPSA) is 89.3 Å². The molecule has 0 unspecified atom stereocenters. The van der Waals surface area contributed by atoms with Gasteiger partial charge in [-0.2, -0.15) is 0 Å². The highest BCUT2D eigenvalue weighted by molar-refractivity contribution is 5.85. The Hall–Kier alpha value is -1.36. The molecule has 0 aliphatic carbocycles. The standard InChI is InChI=1S/C8H12N2O3/c1-4(2)7-10-5(3-9)6(13-7)8(11)12/h4H,3,9H2,1-2H3,(H,11,12). The maximum Gasteiger partial charge on any atom is 0.373 e. The first-order valence-electron chi connectivity index (χ1n) is 3.99. The molecule has 1 aromatic rings. The largest absolute Gasteiger partial charge is 0.475 e. The number of nitrogens with two attached hydrogens (primary N) is 1. The molecule has 1 heterocycles. The Balaban J connectivity index is 3.11. The molecule has 1 rings (SSSR count). The molecule has 0 bridgehead atoms. The van der Waals surface area contributed by atoms with Gasteiger partial charge in [0, 0.05) is 12.5 Å². The van der Waals surface area contributed by atoms with Gasteiger partial charge in [-0.25, -0.2) is 9.78 Å². The lowest BCUT2D eigenvalue weighted by Gasteiger charge is -1.94. The third-order valence-electron chi connectivity index (χ3n) is 1.60. The molecular formula is C8H12N2O3. The summed E-state index contributed by atoms with van der Waals surface area (Å²) in [5.41, 5.74) is 5.62. The Morgan fingerprint density at radius 1 is 1.69 bits per heavy atom. The molecule has 0 amide bonds. The zero-order valence-electron chi connectivity index (χ0n) is 7.57. The average molecular weight is 184 g/mol. The Kier molecular flexibility index (Phi) is 2.67. The van der Waals surface area contributed by atoms with Gasteiger partial charge in [0.15, 0.2) is 5.89 Å². The van der Waals surface area contributed by atoms with E-state index < -0.39 is 5.97 Å². The van der Waals surface area contributed by atoms with Crippen LogP contribution in [0.2, 0.25) is 0 Å². The summed E-state index contributed by atoms with van der Waals surface area (Å²) in [5.74, 6) is -0.790. The highest BCUT2D eigenvalue weighted by Gasteiger charge is 2.19. The summed E-state index contributed by atoms with van der Waals surface area (Å²) < 4.78 is 5.04. The molecule has 0 atom stereocenters. The summed E-state index contributed by atoms with van der Waals surface area (Å²) in [6.45, 7) is 3.83. The number of oxazole rings is 1. The van der Waals surface area contributed by atoms with Gasteiger partial charge >= 0.3 is 5.97 Å². The van der Waals surface area contributed by atoms with E-state index in [1.54, 1.807) is 0 Å². The fourth-order valence-corrected chi connectivity index (χ4v) is 0.922. The SMILES string of the molecule is CC(C)c1nc(CN)c(C(=O)O)o1. The van der Waals surface area contributed by atoms with Crippen molar-refractivity contribution in [3.63, 3.8) is 0 Å². The van der Waals surface area contributed by atoms with Crippen LogP contribution in [0, 0.1) is 0 Å². The minimum atomic E-state index is -1.13. The third-order valence-corrected chi connectivity index (χ3v) is 1.60. The molecule has 72 valence electrons. The molecule has 13 heavy (non-hydrogen) atoms. The van der Waals surface area contributed by atoms with Crippen LogP contribution in [0.4, 0.5) is 0 Å². The van der Waals surface area contributed by atoms with Crippen molar-refractivity contribution in [2.24, 2.45) is 5.73 Å². The van der Waals surface area contributed by atoms with Crippen LogP contribution in [0.25, 0.3) is 0 Å². The highest BCUT2D eigenvalue weighted by Crippen LogP contribution is 2.17. The fourth-order valence-electron chi connectivity index (χ4n) is 0.922. The van der Waals surface area contributed by atoms with Crippen molar-refractivity contribution in [2.45, 2.75) is 26.3 Å². The van der Waals surface area contributed by atoms with E-state index in [2.05, 4.69) is 4.98 Å². The zero-order valence-corrected chi connectivity index (χ0v) is 7.57. The van der Waals surface area contributed by atoms with Crippen LogP contribution in [0.15, 0.2) is 4.42 Å². The van der Waals surface area contributed by atoms with E-state index >= 15 is 0 Å². The number of nitrogens with zero attached hydrogens (tertiary/aromatic N) is 1. The van der Waals surface area contributed by atoms with Crippen molar-refractivity contribution in [3.8, 4) is 0 Å². The summed E-state index contributed by atoms with van der Waals surface area (Å²) in [7, 11) is 0. The van der Waals surface area contributed by atoms with Crippen molar-refractivity contribution < 1.29 is 14.3 Å². The van der Waals surface area contributed by atoms with E-state index in [0.717, 1.165) is 0 Å². The summed E-state index contributed by atoms with van der Waals surface area (Å²) in [5, 5.41) is 8.70. The maximum absolute atomic E-state index is 10.6. The van der Waals surface area contributed by atoms with Crippen LogP contribution in [0.1, 0.15) is 41.9 Å². The molecule has 3 N–H and O–H groups in total.